The first-order valence-electron chi connectivity index (χ1n) is 7.11. The molecule has 4 nitrogen and oxygen atoms in total. The van der Waals surface area contributed by atoms with Crippen LogP contribution in [0.3, 0.4) is 0 Å². The van der Waals surface area contributed by atoms with Gasteiger partial charge < -0.3 is 4.42 Å². The molecule has 1 aliphatic rings. The Morgan fingerprint density at radius 1 is 1.00 bits per heavy atom. The number of oxazole rings is 1. The highest BCUT2D eigenvalue weighted by atomic mass is 32.2. The number of hydrogen-bond donors (Lipinski definition) is 0. The van der Waals surface area contributed by atoms with Crippen molar-refractivity contribution in [1.82, 2.24) is 4.57 Å². The first-order chi connectivity index (χ1) is 13.1. The number of aliphatic imine (C=N–C) groups is 1. The number of hydrogen-bond acceptors (Lipinski definition) is 4. The normalized spacial score (nSPS) is 19.6. The summed E-state index contributed by atoms with van der Waals surface area (Å²) in [5.74, 6) is -5.21. The van der Waals surface area contributed by atoms with Gasteiger partial charge >= 0.3 is 24.3 Å². The van der Waals surface area contributed by atoms with Gasteiger partial charge in [0.15, 0.2) is 10.8 Å². The smallest absolute Gasteiger partial charge is 0.407 e. The molecular formula is C14H4F10N2O2S. The average Bonchev–Trinajstić information content (AvgIpc) is 3.09. The van der Waals surface area contributed by atoms with E-state index in [1.807, 2.05) is 0 Å². The molecule has 1 aromatic heterocycles. The van der Waals surface area contributed by atoms with E-state index >= 15 is 0 Å². The van der Waals surface area contributed by atoms with Gasteiger partial charge in [-0.25, -0.2) is 14.4 Å². The van der Waals surface area contributed by atoms with E-state index in [9.17, 15) is 48.7 Å². The molecule has 2 heterocycles. The lowest BCUT2D eigenvalue weighted by atomic mass is 10.0. The van der Waals surface area contributed by atoms with Crippen LogP contribution in [0.4, 0.5) is 43.9 Å². The van der Waals surface area contributed by atoms with E-state index in [0.29, 0.717) is 0 Å². The molecule has 15 heteroatoms. The molecule has 29 heavy (non-hydrogen) atoms. The maximum absolute atomic E-state index is 13.7. The van der Waals surface area contributed by atoms with Crippen LogP contribution < -0.4 is 5.76 Å². The molecule has 0 saturated carbocycles. The highest BCUT2D eigenvalue weighted by molar-refractivity contribution is 8.15. The number of thioether (sulfide) groups is 1. The molecule has 0 atom stereocenters. The zero-order chi connectivity index (χ0) is 22.0. The van der Waals surface area contributed by atoms with Crippen LogP contribution in [0.1, 0.15) is 0 Å². The molecule has 0 radical (unpaired) electrons. The first-order valence-corrected chi connectivity index (χ1v) is 7.92. The minimum atomic E-state index is -6.46. The third-order valence-corrected chi connectivity index (χ3v) is 5.14. The SMILES string of the molecule is O=c1oc2ccccc2n1C1=N/C(=C(/F)C(F)(F)F)C(C(F)(F)F)(C(F)(F)F)S1. The van der Waals surface area contributed by atoms with Crippen molar-refractivity contribution in [3.63, 3.8) is 0 Å². The van der Waals surface area contributed by atoms with E-state index in [1.54, 1.807) is 0 Å². The Morgan fingerprint density at radius 2 is 1.55 bits per heavy atom. The van der Waals surface area contributed by atoms with Crippen molar-refractivity contribution in [2.75, 3.05) is 0 Å². The van der Waals surface area contributed by atoms with E-state index in [2.05, 4.69) is 9.41 Å². The second-order valence-electron chi connectivity index (χ2n) is 5.50. The van der Waals surface area contributed by atoms with Crippen LogP contribution >= 0.6 is 11.8 Å². The number of halogens is 10. The van der Waals surface area contributed by atoms with Crippen LogP contribution in [0.5, 0.6) is 0 Å². The molecule has 0 fully saturated rings. The van der Waals surface area contributed by atoms with Crippen LogP contribution in [0, 0.1) is 0 Å². The Morgan fingerprint density at radius 3 is 2.07 bits per heavy atom. The Balaban J connectivity index is 2.39. The zero-order valence-electron chi connectivity index (χ0n) is 13.2. The molecule has 3 rings (SSSR count). The summed E-state index contributed by atoms with van der Waals surface area (Å²) in [4.78, 5) is 14.5. The Labute approximate surface area is 156 Å². The van der Waals surface area contributed by atoms with E-state index in [1.165, 1.54) is 12.1 Å². The van der Waals surface area contributed by atoms with Crippen molar-refractivity contribution < 1.29 is 48.3 Å². The molecule has 0 amide bonds. The fourth-order valence-electron chi connectivity index (χ4n) is 2.51. The van der Waals surface area contributed by atoms with Gasteiger partial charge in [0, 0.05) is 0 Å². The van der Waals surface area contributed by atoms with Gasteiger partial charge in [-0.2, -0.15) is 43.9 Å². The van der Waals surface area contributed by atoms with Gasteiger partial charge in [0.25, 0.3) is 4.75 Å². The van der Waals surface area contributed by atoms with Gasteiger partial charge in [0.1, 0.15) is 5.70 Å². The molecule has 0 bridgehead atoms. The lowest BCUT2D eigenvalue weighted by Crippen LogP contribution is -2.55. The standard InChI is InChI=1S/C14H4F10N2O2S/c15-7(12(16,17)18)8-11(13(19,20)21,14(22,23)24)29-9(25-8)26-5-3-1-2-4-6(5)28-10(26)27/h1-4H/b8-7+. The Kier molecular flexibility index (Phi) is 4.60. The number of fused-ring (bicyclic) bond motifs is 1. The molecule has 2 aromatic rings. The van der Waals surface area contributed by atoms with Gasteiger partial charge in [0.05, 0.1) is 5.52 Å². The van der Waals surface area contributed by atoms with Crippen LogP contribution in [0.15, 0.2) is 50.0 Å². The quantitative estimate of drug-likeness (QED) is 0.518. The van der Waals surface area contributed by atoms with Gasteiger partial charge in [-0.1, -0.05) is 23.9 Å². The molecule has 0 aliphatic carbocycles. The predicted molar refractivity (Wildman–Crippen MR) is 79.9 cm³/mol. The summed E-state index contributed by atoms with van der Waals surface area (Å²) < 4.78 is 132. The molecule has 0 N–H and O–H groups in total. The number of allylic oxidation sites excluding steroid dienone is 1. The minimum absolute atomic E-state index is 0.100. The largest absolute Gasteiger partial charge is 0.444 e. The number of benzene rings is 1. The van der Waals surface area contributed by atoms with E-state index in [4.69, 9.17) is 0 Å². The minimum Gasteiger partial charge on any atom is -0.407 e. The predicted octanol–water partition coefficient (Wildman–Crippen LogP) is 5.15. The van der Waals surface area contributed by atoms with E-state index in [-0.39, 0.29) is 15.7 Å². The molecule has 0 unspecified atom stereocenters. The number of rotatable bonds is 0. The van der Waals surface area contributed by atoms with Crippen molar-refractivity contribution in [2.24, 2.45) is 4.99 Å². The fourth-order valence-corrected chi connectivity index (χ4v) is 3.65. The van der Waals surface area contributed by atoms with Crippen molar-refractivity contribution in [3.05, 3.63) is 46.3 Å². The number of nitrogens with zero attached hydrogens (tertiary/aromatic N) is 2. The van der Waals surface area contributed by atoms with Gasteiger partial charge in [-0.3, -0.25) is 0 Å². The van der Waals surface area contributed by atoms with Gasteiger partial charge in [-0.15, -0.1) is 0 Å². The third kappa shape index (κ3) is 3.11. The van der Waals surface area contributed by atoms with E-state index < -0.39 is 57.5 Å². The van der Waals surface area contributed by atoms with Crippen LogP contribution in [-0.2, 0) is 0 Å². The Bertz CT molecular complexity index is 1070. The number of alkyl halides is 9. The van der Waals surface area contributed by atoms with Crippen molar-refractivity contribution >= 4 is 28.0 Å². The van der Waals surface area contributed by atoms with Crippen molar-refractivity contribution in [3.8, 4) is 0 Å². The first kappa shape index (κ1) is 21.3. The average molecular weight is 454 g/mol. The summed E-state index contributed by atoms with van der Waals surface area (Å²) in [5, 5.41) is -1.48. The maximum Gasteiger partial charge on any atom is 0.444 e. The van der Waals surface area contributed by atoms with Crippen LogP contribution in [-0.4, -0.2) is 33.0 Å². The van der Waals surface area contributed by atoms with Gasteiger partial charge in [-0.05, 0) is 12.1 Å². The summed E-state index contributed by atoms with van der Waals surface area (Å²) in [6.45, 7) is 0. The number of para-hydroxylation sites is 2. The number of aromatic nitrogens is 1. The molecule has 1 aliphatic heterocycles. The summed E-state index contributed by atoms with van der Waals surface area (Å²) in [5.41, 5.74) is -3.63. The second kappa shape index (κ2) is 6.27. The van der Waals surface area contributed by atoms with Crippen LogP contribution in [0.2, 0.25) is 0 Å². The summed E-state index contributed by atoms with van der Waals surface area (Å²) in [7, 11) is 0. The topological polar surface area (TPSA) is 47.5 Å². The highest BCUT2D eigenvalue weighted by Crippen LogP contribution is 2.61. The molecule has 0 spiro atoms. The van der Waals surface area contributed by atoms with Crippen molar-refractivity contribution in [1.29, 1.82) is 0 Å². The monoisotopic (exact) mass is 454 g/mol. The summed E-state index contributed by atoms with van der Waals surface area (Å²) >= 11 is -1.28. The molecular weight excluding hydrogens is 450 g/mol. The molecule has 0 saturated heterocycles. The third-order valence-electron chi connectivity index (χ3n) is 3.72. The van der Waals surface area contributed by atoms with Crippen LogP contribution in [0.25, 0.3) is 11.1 Å². The van der Waals surface area contributed by atoms with Gasteiger partial charge in [0.2, 0.25) is 5.83 Å². The summed E-state index contributed by atoms with van der Waals surface area (Å²) in [6, 6.07) is 4.70. The Hall–Kier alpha value is -2.45. The van der Waals surface area contributed by atoms with Crippen molar-refractivity contribution in [2.45, 2.75) is 23.3 Å². The highest BCUT2D eigenvalue weighted by Gasteiger charge is 2.78. The lowest BCUT2D eigenvalue weighted by Gasteiger charge is -2.33. The van der Waals surface area contributed by atoms with E-state index in [0.717, 1.165) is 12.1 Å². The fraction of sp³-hybridized carbons (Fsp3) is 0.286. The second-order valence-corrected chi connectivity index (χ2v) is 6.69. The lowest BCUT2D eigenvalue weighted by molar-refractivity contribution is -0.253. The maximum atomic E-state index is 13.7. The molecule has 158 valence electrons. The zero-order valence-corrected chi connectivity index (χ0v) is 14.0. The summed E-state index contributed by atoms with van der Waals surface area (Å²) in [6.07, 6.45) is -19.1. The molecule has 1 aromatic carbocycles.